The third kappa shape index (κ3) is 5.86. The number of alkyl halides is 3. The fourth-order valence-corrected chi connectivity index (χ4v) is 1.42. The molecule has 0 saturated heterocycles. The lowest BCUT2D eigenvalue weighted by molar-refractivity contribution is -0.125. The van der Waals surface area contributed by atoms with Crippen LogP contribution in [0.25, 0.3) is 0 Å². The molecule has 6 heteroatoms. The summed E-state index contributed by atoms with van der Waals surface area (Å²) in [5.41, 5.74) is 0.461. The minimum absolute atomic E-state index is 0.0744. The van der Waals surface area contributed by atoms with Crippen molar-refractivity contribution in [2.24, 2.45) is 0 Å². The van der Waals surface area contributed by atoms with Crippen LogP contribution in [0.5, 0.6) is 0 Å². The Morgan fingerprint density at radius 3 is 2.39 bits per heavy atom. The van der Waals surface area contributed by atoms with Crippen LogP contribution in [0, 0.1) is 0 Å². The molecule has 1 aromatic rings. The molecule has 0 unspecified atom stereocenters. The van der Waals surface area contributed by atoms with E-state index >= 15 is 0 Å². The van der Waals surface area contributed by atoms with Crippen LogP contribution in [0.15, 0.2) is 40.9 Å². The van der Waals surface area contributed by atoms with E-state index in [0.717, 1.165) is 10.5 Å². The molecule has 0 spiro atoms. The topological polar surface area (TPSA) is 29.1 Å². The molecule has 0 fully saturated rings. The van der Waals surface area contributed by atoms with Crippen LogP contribution in [0.1, 0.15) is 16.8 Å². The Morgan fingerprint density at radius 1 is 1.22 bits per heavy atom. The van der Waals surface area contributed by atoms with Crippen molar-refractivity contribution in [3.63, 3.8) is 0 Å². The number of nitrogens with one attached hydrogen (secondary N) is 1. The molecule has 0 aliphatic rings. The van der Waals surface area contributed by atoms with Gasteiger partial charge in [0, 0.05) is 16.6 Å². The lowest BCUT2D eigenvalue weighted by Crippen LogP contribution is -2.23. The second-order valence-electron chi connectivity index (χ2n) is 3.51. The van der Waals surface area contributed by atoms with E-state index in [0.29, 0.717) is 5.56 Å². The lowest BCUT2D eigenvalue weighted by Gasteiger charge is -2.03. The maximum atomic E-state index is 11.8. The predicted molar refractivity (Wildman–Crippen MR) is 66.3 cm³/mol. The molecule has 2 nitrogen and oxygen atoms in total. The van der Waals surface area contributed by atoms with Crippen LogP contribution in [0.2, 0.25) is 0 Å². The SMILES string of the molecule is O=C(NC/C=C/CC(F)(F)F)c1ccc(Br)cc1. The second-order valence-corrected chi connectivity index (χ2v) is 4.42. The first-order valence-electron chi connectivity index (χ1n) is 5.14. The first kappa shape index (κ1) is 14.8. The van der Waals surface area contributed by atoms with Gasteiger partial charge in [-0.25, -0.2) is 0 Å². The largest absolute Gasteiger partial charge is 0.392 e. The quantitative estimate of drug-likeness (QED) is 0.842. The number of hydrogen-bond acceptors (Lipinski definition) is 1. The van der Waals surface area contributed by atoms with Crippen LogP contribution in [0.4, 0.5) is 13.2 Å². The van der Waals surface area contributed by atoms with Crippen molar-refractivity contribution in [3.05, 3.63) is 46.5 Å². The van der Waals surface area contributed by atoms with Gasteiger partial charge in [0.1, 0.15) is 0 Å². The molecular formula is C12H11BrF3NO. The first-order chi connectivity index (χ1) is 8.38. The molecule has 1 N–H and O–H groups in total. The summed E-state index contributed by atoms with van der Waals surface area (Å²) in [5.74, 6) is -0.320. The van der Waals surface area contributed by atoms with Gasteiger partial charge in [-0.05, 0) is 24.3 Å². The van der Waals surface area contributed by atoms with Crippen LogP contribution in [-0.2, 0) is 0 Å². The Kier molecular flexibility index (Phi) is 5.40. The van der Waals surface area contributed by atoms with Crippen molar-refractivity contribution in [1.82, 2.24) is 5.32 Å². The second kappa shape index (κ2) is 6.58. The van der Waals surface area contributed by atoms with E-state index < -0.39 is 12.6 Å². The van der Waals surface area contributed by atoms with Crippen molar-refractivity contribution in [1.29, 1.82) is 0 Å². The number of benzene rings is 1. The normalized spacial score (nSPS) is 11.8. The number of amides is 1. The molecule has 0 bridgehead atoms. The van der Waals surface area contributed by atoms with Crippen LogP contribution >= 0.6 is 15.9 Å². The molecule has 1 aromatic carbocycles. The zero-order valence-corrected chi connectivity index (χ0v) is 10.9. The summed E-state index contributed by atoms with van der Waals surface area (Å²) in [7, 11) is 0. The van der Waals surface area contributed by atoms with Crippen LogP contribution in [0.3, 0.4) is 0 Å². The van der Waals surface area contributed by atoms with Gasteiger partial charge >= 0.3 is 6.18 Å². The zero-order chi connectivity index (χ0) is 13.6. The van der Waals surface area contributed by atoms with Gasteiger partial charge in [-0.2, -0.15) is 13.2 Å². The average Bonchev–Trinajstić information content (AvgIpc) is 2.27. The predicted octanol–water partition coefficient (Wildman–Crippen LogP) is 3.69. The molecule has 0 radical (unpaired) electrons. The molecule has 0 saturated carbocycles. The van der Waals surface area contributed by atoms with Crippen molar-refractivity contribution in [2.75, 3.05) is 6.54 Å². The Balaban J connectivity index is 2.36. The van der Waals surface area contributed by atoms with E-state index in [-0.39, 0.29) is 12.5 Å². The van der Waals surface area contributed by atoms with Crippen LogP contribution in [-0.4, -0.2) is 18.6 Å². The van der Waals surface area contributed by atoms with Crippen molar-refractivity contribution in [3.8, 4) is 0 Å². The minimum Gasteiger partial charge on any atom is -0.349 e. The van der Waals surface area contributed by atoms with Crippen molar-refractivity contribution < 1.29 is 18.0 Å². The van der Waals surface area contributed by atoms with Gasteiger partial charge in [0.15, 0.2) is 0 Å². The molecule has 0 atom stereocenters. The van der Waals surface area contributed by atoms with E-state index in [9.17, 15) is 18.0 Å². The molecular weight excluding hydrogens is 311 g/mol. The summed E-state index contributed by atoms with van der Waals surface area (Å²) in [6.07, 6.45) is -2.92. The van der Waals surface area contributed by atoms with E-state index in [4.69, 9.17) is 0 Å². The smallest absolute Gasteiger partial charge is 0.349 e. The summed E-state index contributed by atoms with van der Waals surface area (Å²) < 4.78 is 36.3. The summed E-state index contributed by atoms with van der Waals surface area (Å²) in [6, 6.07) is 6.68. The first-order valence-corrected chi connectivity index (χ1v) is 5.93. The van der Waals surface area contributed by atoms with Gasteiger partial charge in [-0.15, -0.1) is 0 Å². The molecule has 1 amide bonds. The van der Waals surface area contributed by atoms with Gasteiger partial charge < -0.3 is 5.32 Å². The number of hydrogen-bond donors (Lipinski definition) is 1. The number of carbonyl (C=O) groups excluding carboxylic acids is 1. The molecule has 18 heavy (non-hydrogen) atoms. The highest BCUT2D eigenvalue weighted by atomic mass is 79.9. The maximum absolute atomic E-state index is 11.8. The van der Waals surface area contributed by atoms with Gasteiger partial charge in [0.05, 0.1) is 6.42 Å². The van der Waals surface area contributed by atoms with Crippen LogP contribution < -0.4 is 5.32 Å². The lowest BCUT2D eigenvalue weighted by atomic mass is 10.2. The monoisotopic (exact) mass is 321 g/mol. The van der Waals surface area contributed by atoms with Crippen molar-refractivity contribution >= 4 is 21.8 Å². The highest BCUT2D eigenvalue weighted by Crippen LogP contribution is 2.19. The van der Waals surface area contributed by atoms with E-state index in [1.165, 1.54) is 6.08 Å². The fourth-order valence-electron chi connectivity index (χ4n) is 1.16. The summed E-state index contributed by atoms with van der Waals surface area (Å²) in [5, 5.41) is 2.50. The Bertz CT molecular complexity index is 426. The standard InChI is InChI=1S/C12H11BrF3NO/c13-10-5-3-9(4-6-10)11(18)17-8-2-1-7-12(14,15)16/h1-6H,7-8H2,(H,17,18)/b2-1+. The number of rotatable bonds is 4. The van der Waals surface area contributed by atoms with E-state index in [1.807, 2.05) is 0 Å². The average molecular weight is 322 g/mol. The Labute approximate surface area is 111 Å². The van der Waals surface area contributed by atoms with Gasteiger partial charge in [-0.1, -0.05) is 28.1 Å². The molecule has 98 valence electrons. The Hall–Kier alpha value is -1.30. The highest BCUT2D eigenvalue weighted by molar-refractivity contribution is 9.10. The third-order valence-electron chi connectivity index (χ3n) is 2.00. The molecule has 0 aliphatic carbocycles. The molecule has 0 aliphatic heterocycles. The number of allylic oxidation sites excluding steroid dienone is 1. The van der Waals surface area contributed by atoms with E-state index in [1.54, 1.807) is 24.3 Å². The van der Waals surface area contributed by atoms with Gasteiger partial charge in [-0.3, -0.25) is 4.79 Å². The molecule has 1 rings (SSSR count). The molecule has 0 heterocycles. The summed E-state index contributed by atoms with van der Waals surface area (Å²) in [6.45, 7) is 0.0744. The van der Waals surface area contributed by atoms with Crippen molar-refractivity contribution in [2.45, 2.75) is 12.6 Å². The number of halogens is 4. The fraction of sp³-hybridized carbons (Fsp3) is 0.250. The summed E-state index contributed by atoms with van der Waals surface area (Å²) >= 11 is 3.24. The number of carbonyl (C=O) groups is 1. The highest BCUT2D eigenvalue weighted by Gasteiger charge is 2.24. The zero-order valence-electron chi connectivity index (χ0n) is 9.30. The molecule has 0 aromatic heterocycles. The van der Waals surface area contributed by atoms with Gasteiger partial charge in [0.2, 0.25) is 0 Å². The summed E-state index contributed by atoms with van der Waals surface area (Å²) in [4.78, 5) is 11.5. The minimum atomic E-state index is -4.20. The Morgan fingerprint density at radius 2 is 1.83 bits per heavy atom. The van der Waals surface area contributed by atoms with Gasteiger partial charge in [0.25, 0.3) is 5.91 Å². The maximum Gasteiger partial charge on any atom is 0.392 e. The van der Waals surface area contributed by atoms with E-state index in [2.05, 4.69) is 21.2 Å². The third-order valence-corrected chi connectivity index (χ3v) is 2.53.